The zero-order chi connectivity index (χ0) is 59.7. The molecule has 0 heteroatoms. The molecule has 13 aromatic rings. The second-order valence-corrected chi connectivity index (χ2v) is 25.4. The van der Waals surface area contributed by atoms with Gasteiger partial charge in [0.05, 0.1) is 10.8 Å². The second kappa shape index (κ2) is 22.3. The zero-order valence-corrected chi connectivity index (χ0v) is 51.6. The second-order valence-electron chi connectivity index (χ2n) is 25.4. The first-order valence-electron chi connectivity index (χ1n) is 32.2. The summed E-state index contributed by atoms with van der Waals surface area (Å²) in [6.45, 7) is 13.3. The Kier molecular flexibility index (Phi) is 13.9. The van der Waals surface area contributed by atoms with Gasteiger partial charge < -0.3 is 0 Å². The zero-order valence-electron chi connectivity index (χ0n) is 51.6. The summed E-state index contributed by atoms with van der Waals surface area (Å²) < 4.78 is 0. The molecule has 2 aliphatic carbocycles. The number of unbranched alkanes of at least 4 members (excludes halogenated alkanes) is 2. The minimum absolute atomic E-state index is 0.513. The fourth-order valence-corrected chi connectivity index (χ4v) is 15.4. The van der Waals surface area contributed by atoms with E-state index in [0.29, 0.717) is 0 Å². The highest BCUT2D eigenvalue weighted by molar-refractivity contribution is 6.22. The fourth-order valence-electron chi connectivity index (χ4n) is 15.4. The van der Waals surface area contributed by atoms with Gasteiger partial charge in [-0.15, -0.1) is 0 Å². The number of hydrogen-bond donors (Lipinski definition) is 0. The predicted molar refractivity (Wildman–Crippen MR) is 374 cm³/mol. The van der Waals surface area contributed by atoms with E-state index in [1.54, 1.807) is 0 Å². The van der Waals surface area contributed by atoms with Crippen LogP contribution in [0.3, 0.4) is 0 Å². The molecule has 0 aromatic heterocycles. The molecular weight excluding hydrogens is 1060 g/mol. The van der Waals surface area contributed by atoms with Crippen molar-refractivity contribution in [1.29, 1.82) is 0 Å². The van der Waals surface area contributed by atoms with Gasteiger partial charge in [-0.25, -0.2) is 0 Å². The maximum atomic E-state index is 2.53. The van der Waals surface area contributed by atoms with E-state index in [-0.39, 0.29) is 0 Å². The average Bonchev–Trinajstić information content (AvgIpc) is 1.56. The van der Waals surface area contributed by atoms with Crippen LogP contribution in [0.2, 0.25) is 0 Å². The number of hydrogen-bond acceptors (Lipinski definition) is 0. The molecule has 0 heterocycles. The van der Waals surface area contributed by atoms with Gasteiger partial charge in [0.15, 0.2) is 0 Å². The first-order chi connectivity index (χ1) is 43.1. The summed E-state index contributed by atoms with van der Waals surface area (Å²) >= 11 is 0. The van der Waals surface area contributed by atoms with Crippen LogP contribution in [-0.2, 0) is 23.7 Å². The summed E-state index contributed by atoms with van der Waals surface area (Å²) in [4.78, 5) is 0. The van der Waals surface area contributed by atoms with Crippen LogP contribution in [0.4, 0.5) is 0 Å². The minimum Gasteiger partial charge on any atom is -0.0654 e. The van der Waals surface area contributed by atoms with E-state index >= 15 is 0 Å². The van der Waals surface area contributed by atoms with E-state index in [0.717, 1.165) is 12.8 Å². The molecule has 426 valence electrons. The molecule has 88 heavy (non-hydrogen) atoms. The Morgan fingerprint density at radius 1 is 0.250 bits per heavy atom. The highest BCUT2D eigenvalue weighted by atomic mass is 14.5. The van der Waals surface area contributed by atoms with E-state index < -0.39 is 10.8 Å². The molecule has 13 aromatic carbocycles. The van der Waals surface area contributed by atoms with Gasteiger partial charge in [0.25, 0.3) is 0 Å². The van der Waals surface area contributed by atoms with Crippen LogP contribution in [0.15, 0.2) is 267 Å². The van der Waals surface area contributed by atoms with Crippen molar-refractivity contribution in [2.75, 3.05) is 0 Å². The lowest BCUT2D eigenvalue weighted by Gasteiger charge is -2.34. The molecular formula is C88H74. The Morgan fingerprint density at radius 2 is 0.545 bits per heavy atom. The Balaban J connectivity index is 0.974. The van der Waals surface area contributed by atoms with Gasteiger partial charge in [0, 0.05) is 0 Å². The number of rotatable bonds is 14. The largest absolute Gasteiger partial charge is 0.0713 e. The van der Waals surface area contributed by atoms with E-state index in [2.05, 4.69) is 308 Å². The van der Waals surface area contributed by atoms with Crippen LogP contribution in [0.25, 0.3) is 88.3 Å². The molecule has 0 spiro atoms. The van der Waals surface area contributed by atoms with Crippen molar-refractivity contribution >= 4 is 21.5 Å². The first kappa shape index (κ1) is 55.0. The quantitative estimate of drug-likeness (QED) is 0.0952. The lowest BCUT2D eigenvalue weighted by molar-refractivity contribution is 0.768. The molecule has 0 saturated carbocycles. The molecule has 0 N–H and O–H groups in total. The molecule has 0 bridgehead atoms. The average molecular weight is 1130 g/mol. The molecule has 0 unspecified atom stereocenters. The highest BCUT2D eigenvalue weighted by Gasteiger charge is 2.48. The Labute approximate surface area is 520 Å². The summed E-state index contributed by atoms with van der Waals surface area (Å²) in [6.07, 6.45) is 6.85. The van der Waals surface area contributed by atoms with E-state index in [1.807, 2.05) is 0 Å². The Morgan fingerprint density at radius 3 is 0.886 bits per heavy atom. The number of benzene rings is 13. The molecule has 0 nitrogen and oxygen atoms in total. The smallest absolute Gasteiger partial charge is 0.0654 e. The van der Waals surface area contributed by atoms with Crippen molar-refractivity contribution in [1.82, 2.24) is 0 Å². The van der Waals surface area contributed by atoms with Crippen LogP contribution >= 0.6 is 0 Å². The predicted octanol–water partition coefficient (Wildman–Crippen LogP) is 23.3. The topological polar surface area (TPSA) is 0 Å². The molecule has 0 radical (unpaired) electrons. The maximum absolute atomic E-state index is 2.53. The lowest BCUT2D eigenvalue weighted by Crippen LogP contribution is -2.28. The number of fused-ring (bicyclic) bond motifs is 8. The van der Waals surface area contributed by atoms with E-state index in [4.69, 9.17) is 0 Å². The van der Waals surface area contributed by atoms with Gasteiger partial charge in [-0.05, 0) is 222 Å². The monoisotopic (exact) mass is 1130 g/mol. The third-order valence-electron chi connectivity index (χ3n) is 19.9. The molecule has 0 fully saturated rings. The van der Waals surface area contributed by atoms with Crippen molar-refractivity contribution in [3.8, 4) is 66.8 Å². The van der Waals surface area contributed by atoms with Gasteiger partial charge in [0.1, 0.15) is 0 Å². The Bertz CT molecular complexity index is 4380. The Hall–Kier alpha value is -9.62. The molecule has 0 amide bonds. The van der Waals surface area contributed by atoms with Crippen molar-refractivity contribution in [3.63, 3.8) is 0 Å². The van der Waals surface area contributed by atoms with Crippen LogP contribution in [0, 0.1) is 27.7 Å². The normalized spacial score (nSPS) is 13.3. The molecule has 0 aliphatic heterocycles. The van der Waals surface area contributed by atoms with Gasteiger partial charge >= 0.3 is 0 Å². The van der Waals surface area contributed by atoms with Crippen molar-refractivity contribution in [2.45, 2.75) is 90.9 Å². The summed E-state index contributed by atoms with van der Waals surface area (Å²) in [6, 6.07) is 104. The van der Waals surface area contributed by atoms with E-state index in [1.165, 1.54) is 192 Å². The summed E-state index contributed by atoms with van der Waals surface area (Å²) in [5.74, 6) is 0. The van der Waals surface area contributed by atoms with E-state index in [9.17, 15) is 0 Å². The van der Waals surface area contributed by atoms with Crippen LogP contribution in [-0.4, -0.2) is 0 Å². The summed E-state index contributed by atoms with van der Waals surface area (Å²) in [7, 11) is 0. The van der Waals surface area contributed by atoms with Crippen LogP contribution in [0.5, 0.6) is 0 Å². The molecule has 2 aliphatic rings. The SMILES string of the molecule is CCCCc1ccc(-c2c3ccc(-c4ccc5c(c4)C(c4ccc(C)cc4)(c4ccc(C)cc4)c4ccccc4-5)cc3c(-c3ccc(CCCC)cc3)c3ccc(-c4ccc5c(c4)C(c4ccc(C)cc4)(c4ccc(C)cc4)c4ccccc4-5)cc23)cc1. The highest BCUT2D eigenvalue weighted by Crippen LogP contribution is 2.59. The first-order valence-corrected chi connectivity index (χ1v) is 32.2. The van der Waals surface area contributed by atoms with Crippen LogP contribution < -0.4 is 0 Å². The van der Waals surface area contributed by atoms with Crippen molar-refractivity contribution < 1.29 is 0 Å². The van der Waals surface area contributed by atoms with Crippen molar-refractivity contribution in [3.05, 3.63) is 345 Å². The standard InChI is InChI=1S/C88H74/c1-7-9-15-61-29-33-63(34-30-61)85-77-51-39-66(68-38-50-76-74-18-12-14-20-82(74)88(84(76)56-68,71-45-25-59(5)26-46-71)72-47-27-60(6)28-48-72)54-80(77)86(64-35-31-62(32-36-64)16-10-8-2)78-52-40-65(53-79(78)85)67-37-49-75-73-17-11-13-19-81(73)87(83(75)55-67,69-41-21-57(3)22-42-69)70-43-23-58(4)24-44-70/h11-14,17-56H,7-10,15-16H2,1-6H3. The van der Waals surface area contributed by atoms with Gasteiger partial charge in [0.2, 0.25) is 0 Å². The molecule has 15 rings (SSSR count). The fraction of sp³-hybridized carbons (Fsp3) is 0.159. The maximum Gasteiger partial charge on any atom is 0.0713 e. The summed E-state index contributed by atoms with van der Waals surface area (Å²) in [5.41, 5.74) is 32.2. The molecule has 0 atom stereocenters. The van der Waals surface area contributed by atoms with Crippen LogP contribution in [0.1, 0.15) is 117 Å². The lowest BCUT2D eigenvalue weighted by atomic mass is 9.67. The third-order valence-corrected chi connectivity index (χ3v) is 19.9. The van der Waals surface area contributed by atoms with Gasteiger partial charge in [-0.2, -0.15) is 0 Å². The van der Waals surface area contributed by atoms with Gasteiger partial charge in [-0.1, -0.05) is 292 Å². The third kappa shape index (κ3) is 8.94. The number of aryl methyl sites for hydroxylation is 6. The van der Waals surface area contributed by atoms with Crippen molar-refractivity contribution in [2.24, 2.45) is 0 Å². The minimum atomic E-state index is -0.513. The summed E-state index contributed by atoms with van der Waals surface area (Å²) in [5, 5.41) is 5.02. The van der Waals surface area contributed by atoms with Gasteiger partial charge in [-0.3, -0.25) is 0 Å². The molecule has 0 saturated heterocycles.